The Hall–Kier alpha value is -1.46. The molecule has 3 aliphatic rings. The number of benzene rings is 1. The maximum atomic E-state index is 12.4. The van der Waals surface area contributed by atoms with Crippen molar-refractivity contribution in [2.24, 2.45) is 5.92 Å². The number of thiazole rings is 1. The number of carbonyl (C=O) groups is 1. The molecule has 1 amide bonds. The average Bonchev–Trinajstić information content (AvgIpc) is 2.96. The van der Waals surface area contributed by atoms with Crippen LogP contribution in [0.25, 0.3) is 10.2 Å². The number of fused-ring (bicyclic) bond motifs is 4. The average molecular weight is 287 g/mol. The van der Waals surface area contributed by atoms with Gasteiger partial charge in [0.1, 0.15) is 0 Å². The van der Waals surface area contributed by atoms with Crippen molar-refractivity contribution in [2.45, 2.75) is 18.9 Å². The molecule has 4 nitrogen and oxygen atoms in total. The SMILES string of the molecule is O=C(NC1CN2CCC1CC2)c1ccc2scnc2c1. The molecule has 1 atom stereocenters. The van der Waals surface area contributed by atoms with Crippen molar-refractivity contribution in [3.63, 3.8) is 0 Å². The lowest BCUT2D eigenvalue weighted by atomic mass is 9.84. The first-order valence-electron chi connectivity index (χ1n) is 7.16. The maximum Gasteiger partial charge on any atom is 0.251 e. The van der Waals surface area contributed by atoms with Gasteiger partial charge in [-0.05, 0) is 50.0 Å². The summed E-state index contributed by atoms with van der Waals surface area (Å²) in [7, 11) is 0. The van der Waals surface area contributed by atoms with E-state index in [9.17, 15) is 4.79 Å². The number of nitrogens with zero attached hydrogens (tertiary/aromatic N) is 2. The molecule has 5 heteroatoms. The van der Waals surface area contributed by atoms with Gasteiger partial charge in [0.05, 0.1) is 15.7 Å². The van der Waals surface area contributed by atoms with Crippen molar-refractivity contribution in [2.75, 3.05) is 19.6 Å². The maximum absolute atomic E-state index is 12.4. The third-order valence-electron chi connectivity index (χ3n) is 4.57. The van der Waals surface area contributed by atoms with Gasteiger partial charge in [-0.25, -0.2) is 4.98 Å². The Labute approximate surface area is 121 Å². The lowest BCUT2D eigenvalue weighted by molar-refractivity contribution is 0.0620. The molecule has 3 aliphatic heterocycles. The molecule has 0 saturated carbocycles. The summed E-state index contributed by atoms with van der Waals surface area (Å²) >= 11 is 1.60. The van der Waals surface area contributed by atoms with Gasteiger partial charge in [-0.3, -0.25) is 4.79 Å². The summed E-state index contributed by atoms with van der Waals surface area (Å²) in [4.78, 5) is 19.1. The van der Waals surface area contributed by atoms with Crippen LogP contribution in [0.2, 0.25) is 0 Å². The van der Waals surface area contributed by atoms with Crippen molar-refractivity contribution in [1.82, 2.24) is 15.2 Å². The number of nitrogens with one attached hydrogen (secondary N) is 1. The highest BCUT2D eigenvalue weighted by atomic mass is 32.1. The molecule has 3 saturated heterocycles. The first-order chi connectivity index (χ1) is 9.79. The van der Waals surface area contributed by atoms with Crippen LogP contribution in [0.3, 0.4) is 0 Å². The van der Waals surface area contributed by atoms with Gasteiger partial charge in [0.15, 0.2) is 0 Å². The van der Waals surface area contributed by atoms with Crippen molar-refractivity contribution in [3.8, 4) is 0 Å². The third kappa shape index (κ3) is 2.11. The summed E-state index contributed by atoms with van der Waals surface area (Å²) in [6.45, 7) is 3.40. The second-order valence-electron chi connectivity index (χ2n) is 5.75. The zero-order chi connectivity index (χ0) is 13.5. The number of hydrogen-bond donors (Lipinski definition) is 1. The summed E-state index contributed by atoms with van der Waals surface area (Å²) in [5.41, 5.74) is 3.45. The van der Waals surface area contributed by atoms with Crippen LogP contribution in [0.15, 0.2) is 23.7 Å². The van der Waals surface area contributed by atoms with E-state index in [2.05, 4.69) is 15.2 Å². The Kier molecular flexibility index (Phi) is 2.97. The minimum atomic E-state index is 0.0404. The summed E-state index contributed by atoms with van der Waals surface area (Å²) in [6.07, 6.45) is 2.44. The summed E-state index contributed by atoms with van der Waals surface area (Å²) in [5, 5.41) is 3.22. The predicted molar refractivity (Wildman–Crippen MR) is 80.0 cm³/mol. The van der Waals surface area contributed by atoms with Gasteiger partial charge in [0.25, 0.3) is 5.91 Å². The van der Waals surface area contributed by atoms with Crippen molar-refractivity contribution in [1.29, 1.82) is 0 Å². The smallest absolute Gasteiger partial charge is 0.251 e. The second-order valence-corrected chi connectivity index (χ2v) is 6.64. The molecule has 3 fully saturated rings. The molecule has 4 heterocycles. The molecular weight excluding hydrogens is 270 g/mol. The van der Waals surface area contributed by atoms with Gasteiger partial charge in [-0.15, -0.1) is 11.3 Å². The minimum Gasteiger partial charge on any atom is -0.348 e. The molecule has 0 radical (unpaired) electrons. The van der Waals surface area contributed by atoms with Gasteiger partial charge < -0.3 is 10.2 Å². The molecule has 5 rings (SSSR count). The van der Waals surface area contributed by atoms with Crippen LogP contribution in [0.1, 0.15) is 23.2 Å². The normalized spacial score (nSPS) is 28.7. The first-order valence-corrected chi connectivity index (χ1v) is 8.04. The molecule has 1 unspecified atom stereocenters. The highest BCUT2D eigenvalue weighted by Crippen LogP contribution is 2.27. The Morgan fingerprint density at radius 3 is 2.95 bits per heavy atom. The van der Waals surface area contributed by atoms with Crippen LogP contribution in [0, 0.1) is 5.92 Å². The minimum absolute atomic E-state index is 0.0404. The standard InChI is InChI=1S/C15H17N3OS/c19-15(11-1-2-14-12(7-11)16-9-20-14)17-13-8-18-5-3-10(13)4-6-18/h1-2,7,9-10,13H,3-6,8H2,(H,17,19). The van der Waals surface area contributed by atoms with Gasteiger partial charge in [-0.2, -0.15) is 0 Å². The highest BCUT2D eigenvalue weighted by Gasteiger charge is 2.34. The fraction of sp³-hybridized carbons (Fsp3) is 0.467. The largest absolute Gasteiger partial charge is 0.348 e. The van der Waals surface area contributed by atoms with Gasteiger partial charge in [0.2, 0.25) is 0 Å². The van der Waals surface area contributed by atoms with Gasteiger partial charge in [-0.1, -0.05) is 0 Å². The van der Waals surface area contributed by atoms with Crippen LogP contribution in [0.5, 0.6) is 0 Å². The van der Waals surface area contributed by atoms with Crippen LogP contribution in [-0.4, -0.2) is 41.5 Å². The van der Waals surface area contributed by atoms with E-state index < -0.39 is 0 Å². The molecule has 1 N–H and O–H groups in total. The second kappa shape index (κ2) is 4.82. The van der Waals surface area contributed by atoms with Crippen LogP contribution in [-0.2, 0) is 0 Å². The lowest BCUT2D eigenvalue weighted by Crippen LogP contribution is -2.57. The Bertz CT molecular complexity index is 645. The Morgan fingerprint density at radius 1 is 1.35 bits per heavy atom. The molecular formula is C15H17N3OS. The van der Waals surface area contributed by atoms with Crippen LogP contribution in [0.4, 0.5) is 0 Å². The van der Waals surface area contributed by atoms with E-state index in [-0.39, 0.29) is 5.91 Å². The molecule has 2 aromatic rings. The summed E-state index contributed by atoms with van der Waals surface area (Å²) in [6, 6.07) is 6.09. The number of aromatic nitrogens is 1. The predicted octanol–water partition coefficient (Wildman–Crippen LogP) is 2.12. The monoisotopic (exact) mass is 287 g/mol. The molecule has 20 heavy (non-hydrogen) atoms. The third-order valence-corrected chi connectivity index (χ3v) is 5.38. The quantitative estimate of drug-likeness (QED) is 0.920. The zero-order valence-electron chi connectivity index (χ0n) is 11.2. The highest BCUT2D eigenvalue weighted by molar-refractivity contribution is 7.16. The zero-order valence-corrected chi connectivity index (χ0v) is 12.0. The van der Waals surface area contributed by atoms with Crippen LogP contribution >= 0.6 is 11.3 Å². The molecule has 1 aromatic carbocycles. The lowest BCUT2D eigenvalue weighted by Gasteiger charge is -2.44. The Balaban J connectivity index is 1.52. The van der Waals surface area contributed by atoms with Gasteiger partial charge in [0, 0.05) is 18.2 Å². The molecule has 0 spiro atoms. The van der Waals surface area contributed by atoms with Crippen molar-refractivity contribution < 1.29 is 4.79 Å². The number of amides is 1. The van der Waals surface area contributed by atoms with E-state index in [1.54, 1.807) is 11.3 Å². The van der Waals surface area contributed by atoms with E-state index in [4.69, 9.17) is 0 Å². The van der Waals surface area contributed by atoms with E-state index in [0.717, 1.165) is 22.3 Å². The fourth-order valence-electron chi connectivity index (χ4n) is 3.38. The van der Waals surface area contributed by atoms with E-state index in [1.807, 2.05) is 23.7 Å². The molecule has 1 aromatic heterocycles. The van der Waals surface area contributed by atoms with E-state index >= 15 is 0 Å². The first kappa shape index (κ1) is 12.3. The van der Waals surface area contributed by atoms with Gasteiger partial charge >= 0.3 is 0 Å². The van der Waals surface area contributed by atoms with E-state index in [0.29, 0.717) is 12.0 Å². The van der Waals surface area contributed by atoms with Crippen molar-refractivity contribution >= 4 is 27.5 Å². The molecule has 104 valence electrons. The topological polar surface area (TPSA) is 45.2 Å². The van der Waals surface area contributed by atoms with Crippen molar-refractivity contribution in [3.05, 3.63) is 29.3 Å². The van der Waals surface area contributed by atoms with Crippen LogP contribution < -0.4 is 5.32 Å². The Morgan fingerprint density at radius 2 is 2.20 bits per heavy atom. The molecule has 2 bridgehead atoms. The number of hydrogen-bond acceptors (Lipinski definition) is 4. The molecule has 0 aliphatic carbocycles. The summed E-state index contributed by atoms with van der Waals surface area (Å²) in [5.74, 6) is 0.700. The van der Waals surface area contributed by atoms with E-state index in [1.165, 1.54) is 25.9 Å². The number of piperidine rings is 3. The fourth-order valence-corrected chi connectivity index (χ4v) is 4.04. The number of carbonyl (C=O) groups excluding carboxylic acids is 1. The summed E-state index contributed by atoms with van der Waals surface area (Å²) < 4.78 is 1.13. The number of rotatable bonds is 2.